The first-order valence-corrected chi connectivity index (χ1v) is 13.1. The number of ether oxygens (including phenoxy) is 1. The molecule has 6 heteroatoms. The number of nitrogens with zero attached hydrogens (tertiary/aromatic N) is 2. The highest BCUT2D eigenvalue weighted by molar-refractivity contribution is 9.10. The Kier molecular flexibility index (Phi) is 6.41. The molecule has 5 aromatic rings. The molecule has 0 aliphatic rings. The third-order valence-electron chi connectivity index (χ3n) is 5.93. The van der Waals surface area contributed by atoms with Gasteiger partial charge >= 0.3 is 0 Å². The smallest absolute Gasteiger partial charge is 0.119 e. The molecule has 0 aliphatic heterocycles. The summed E-state index contributed by atoms with van der Waals surface area (Å²) in [6.45, 7) is 3.04. The lowest BCUT2D eigenvalue weighted by molar-refractivity contribution is 0.415. The Bertz CT molecular complexity index is 1420. The zero-order chi connectivity index (χ0) is 22.9. The summed E-state index contributed by atoms with van der Waals surface area (Å²) < 4.78 is 10.1. The van der Waals surface area contributed by atoms with E-state index < -0.39 is 0 Å². The van der Waals surface area contributed by atoms with Gasteiger partial charge in [-0.15, -0.1) is 11.3 Å². The van der Waals surface area contributed by atoms with E-state index in [1.165, 1.54) is 27.7 Å². The van der Waals surface area contributed by atoms with Crippen LogP contribution in [0.2, 0.25) is 0 Å². The van der Waals surface area contributed by atoms with Gasteiger partial charge in [0.2, 0.25) is 0 Å². The first-order valence-electron chi connectivity index (χ1n) is 10.6. The van der Waals surface area contributed by atoms with Crippen LogP contribution in [0.25, 0.3) is 22.2 Å². The highest BCUT2D eigenvalue weighted by Gasteiger charge is 2.17. The van der Waals surface area contributed by atoms with Crippen LogP contribution in [0.3, 0.4) is 0 Å². The van der Waals surface area contributed by atoms with Crippen molar-refractivity contribution in [2.75, 3.05) is 7.11 Å². The number of aromatic nitrogens is 2. The van der Waals surface area contributed by atoms with Gasteiger partial charge in [0.25, 0.3) is 0 Å². The standard InChI is InChI=1S/C27H22Br2N2OS/c1-17-23(14-27-30-25(16-33-27)19-5-9-21(29)10-6-19)24-13-22(32-2)11-12-26(24)31(17)15-18-3-7-20(28)8-4-18/h3-13,16H,14-15H2,1-2H3. The van der Waals surface area contributed by atoms with Crippen molar-refractivity contribution in [1.29, 1.82) is 0 Å². The van der Waals surface area contributed by atoms with Gasteiger partial charge < -0.3 is 9.30 Å². The Labute approximate surface area is 214 Å². The predicted molar refractivity (Wildman–Crippen MR) is 145 cm³/mol. The molecule has 0 N–H and O–H groups in total. The minimum atomic E-state index is 0.796. The van der Waals surface area contributed by atoms with Gasteiger partial charge in [-0.2, -0.15) is 0 Å². The van der Waals surface area contributed by atoms with E-state index in [1.807, 2.05) is 6.07 Å². The first kappa shape index (κ1) is 22.4. The normalized spacial score (nSPS) is 11.3. The van der Waals surface area contributed by atoms with Crippen LogP contribution in [-0.2, 0) is 13.0 Å². The Hall–Kier alpha value is -2.41. The lowest BCUT2D eigenvalue weighted by Gasteiger charge is -2.09. The Morgan fingerprint density at radius 3 is 2.33 bits per heavy atom. The summed E-state index contributed by atoms with van der Waals surface area (Å²) in [5.41, 5.74) is 7.22. The van der Waals surface area contributed by atoms with Crippen molar-refractivity contribution < 1.29 is 4.74 Å². The van der Waals surface area contributed by atoms with Gasteiger partial charge in [0.15, 0.2) is 0 Å². The molecule has 0 fully saturated rings. The third kappa shape index (κ3) is 4.65. The largest absolute Gasteiger partial charge is 0.497 e. The third-order valence-corrected chi connectivity index (χ3v) is 7.84. The van der Waals surface area contributed by atoms with Crippen molar-refractivity contribution in [3.63, 3.8) is 0 Å². The van der Waals surface area contributed by atoms with Crippen molar-refractivity contribution in [2.45, 2.75) is 19.9 Å². The van der Waals surface area contributed by atoms with Crippen LogP contribution in [0, 0.1) is 6.92 Å². The fraction of sp³-hybridized carbons (Fsp3) is 0.148. The van der Waals surface area contributed by atoms with Gasteiger partial charge in [-0.25, -0.2) is 4.98 Å². The van der Waals surface area contributed by atoms with Crippen LogP contribution in [0.5, 0.6) is 5.75 Å². The molecule has 0 atom stereocenters. The number of benzene rings is 3. The van der Waals surface area contributed by atoms with Crippen LogP contribution in [0.4, 0.5) is 0 Å². The van der Waals surface area contributed by atoms with E-state index >= 15 is 0 Å². The SMILES string of the molecule is COc1ccc2c(c1)c(Cc1nc(-c3ccc(Br)cc3)cs1)c(C)n2Cc1ccc(Br)cc1. The van der Waals surface area contributed by atoms with Gasteiger partial charge in [-0.05, 0) is 60.5 Å². The fourth-order valence-electron chi connectivity index (χ4n) is 4.15. The van der Waals surface area contributed by atoms with E-state index in [2.05, 4.69) is 109 Å². The summed E-state index contributed by atoms with van der Waals surface area (Å²) in [6.07, 6.45) is 0.796. The van der Waals surface area contributed by atoms with Crippen LogP contribution in [0.1, 0.15) is 21.8 Å². The summed E-state index contributed by atoms with van der Waals surface area (Å²) in [5, 5.41) is 4.49. The van der Waals surface area contributed by atoms with Crippen molar-refractivity contribution in [2.24, 2.45) is 0 Å². The molecule has 0 radical (unpaired) electrons. The van der Waals surface area contributed by atoms with Gasteiger partial charge in [0, 0.05) is 49.5 Å². The molecule has 2 heterocycles. The molecule has 166 valence electrons. The van der Waals surface area contributed by atoms with E-state index in [4.69, 9.17) is 9.72 Å². The molecule has 2 aromatic heterocycles. The average Bonchev–Trinajstić information content (AvgIpc) is 3.39. The summed E-state index contributed by atoms with van der Waals surface area (Å²) in [7, 11) is 1.72. The van der Waals surface area contributed by atoms with Crippen molar-refractivity contribution in [1.82, 2.24) is 9.55 Å². The van der Waals surface area contributed by atoms with Crippen LogP contribution < -0.4 is 4.74 Å². The zero-order valence-electron chi connectivity index (χ0n) is 18.3. The Balaban J connectivity index is 1.54. The molecule has 0 amide bonds. The second-order valence-corrected chi connectivity index (χ2v) is 10.7. The Morgan fingerprint density at radius 1 is 0.939 bits per heavy atom. The van der Waals surface area contributed by atoms with Crippen LogP contribution in [-0.4, -0.2) is 16.7 Å². The second kappa shape index (κ2) is 9.45. The van der Waals surface area contributed by atoms with Gasteiger partial charge in [-0.3, -0.25) is 0 Å². The molecule has 0 saturated heterocycles. The fourth-order valence-corrected chi connectivity index (χ4v) is 5.50. The highest BCUT2D eigenvalue weighted by Crippen LogP contribution is 2.33. The van der Waals surface area contributed by atoms with Crippen molar-refractivity contribution in [3.8, 4) is 17.0 Å². The maximum absolute atomic E-state index is 5.55. The maximum Gasteiger partial charge on any atom is 0.119 e. The second-order valence-electron chi connectivity index (χ2n) is 7.97. The molecule has 3 nitrogen and oxygen atoms in total. The van der Waals surface area contributed by atoms with Crippen LogP contribution >= 0.6 is 43.2 Å². The first-order chi connectivity index (χ1) is 16.0. The number of fused-ring (bicyclic) bond motifs is 1. The summed E-state index contributed by atoms with van der Waals surface area (Å²) in [5.74, 6) is 0.874. The number of methoxy groups -OCH3 is 1. The summed E-state index contributed by atoms with van der Waals surface area (Å²) >= 11 is 8.76. The van der Waals surface area contributed by atoms with Gasteiger partial charge in [0.05, 0.1) is 17.8 Å². The number of hydrogen-bond donors (Lipinski definition) is 0. The molecule has 5 rings (SSSR count). The quantitative estimate of drug-likeness (QED) is 0.202. The molecular formula is C27H22Br2N2OS. The van der Waals surface area contributed by atoms with Gasteiger partial charge in [0.1, 0.15) is 5.75 Å². The van der Waals surface area contributed by atoms with Gasteiger partial charge in [-0.1, -0.05) is 56.1 Å². The molecule has 0 aliphatic carbocycles. The Morgan fingerprint density at radius 2 is 1.64 bits per heavy atom. The molecule has 0 spiro atoms. The lowest BCUT2D eigenvalue weighted by atomic mass is 10.1. The van der Waals surface area contributed by atoms with Crippen molar-refractivity contribution in [3.05, 3.63) is 103 Å². The molecule has 3 aromatic carbocycles. The minimum absolute atomic E-state index is 0.796. The zero-order valence-corrected chi connectivity index (χ0v) is 22.3. The van der Waals surface area contributed by atoms with E-state index in [-0.39, 0.29) is 0 Å². The molecule has 33 heavy (non-hydrogen) atoms. The number of hydrogen-bond acceptors (Lipinski definition) is 3. The summed E-state index contributed by atoms with van der Waals surface area (Å²) in [4.78, 5) is 4.96. The maximum atomic E-state index is 5.55. The topological polar surface area (TPSA) is 27.1 Å². The minimum Gasteiger partial charge on any atom is -0.497 e. The highest BCUT2D eigenvalue weighted by atomic mass is 79.9. The van der Waals surface area contributed by atoms with Crippen LogP contribution in [0.15, 0.2) is 81.1 Å². The number of halogens is 2. The average molecular weight is 582 g/mol. The number of thiazole rings is 1. The predicted octanol–water partition coefficient (Wildman–Crippen LogP) is 8.25. The van der Waals surface area contributed by atoms with E-state index in [9.17, 15) is 0 Å². The molecular weight excluding hydrogens is 560 g/mol. The monoisotopic (exact) mass is 580 g/mol. The van der Waals surface area contributed by atoms with E-state index in [1.54, 1.807) is 18.4 Å². The van der Waals surface area contributed by atoms with E-state index in [0.29, 0.717) is 0 Å². The lowest BCUT2D eigenvalue weighted by Crippen LogP contribution is -2.02. The summed E-state index contributed by atoms with van der Waals surface area (Å²) in [6, 6.07) is 23.2. The van der Waals surface area contributed by atoms with E-state index in [0.717, 1.165) is 43.9 Å². The number of rotatable bonds is 6. The molecule has 0 unspecified atom stereocenters. The molecule has 0 saturated carbocycles. The molecule has 0 bridgehead atoms. The van der Waals surface area contributed by atoms with Crippen molar-refractivity contribution >= 4 is 54.1 Å².